The summed E-state index contributed by atoms with van der Waals surface area (Å²) in [4.78, 5) is 9.96. The summed E-state index contributed by atoms with van der Waals surface area (Å²) in [6.07, 6.45) is 0.735. The summed E-state index contributed by atoms with van der Waals surface area (Å²) < 4.78 is 12.3. The Hall–Kier alpha value is -0.290. The van der Waals surface area contributed by atoms with Crippen LogP contribution in [0, 0.1) is 0 Å². The van der Waals surface area contributed by atoms with Crippen molar-refractivity contribution in [1.82, 2.24) is 0 Å². The van der Waals surface area contributed by atoms with Gasteiger partial charge in [0.25, 0.3) is 0 Å². The fourth-order valence-electron chi connectivity index (χ4n) is 0.397. The summed E-state index contributed by atoms with van der Waals surface area (Å²) >= 11 is 0.726. The predicted octanol–water partition coefficient (Wildman–Crippen LogP) is 0.837. The molecule has 3 N–H and O–H groups in total. The van der Waals surface area contributed by atoms with Gasteiger partial charge in [-0.2, -0.15) is 0 Å². The van der Waals surface area contributed by atoms with Crippen LogP contribution in [-0.2, 0) is 4.79 Å². The molecule has 0 saturated carbocycles. The van der Waals surface area contributed by atoms with Crippen LogP contribution in [0.3, 0.4) is 0 Å². The quantitative estimate of drug-likeness (QED) is 0.659. The van der Waals surface area contributed by atoms with Gasteiger partial charge in [-0.15, -0.1) is 11.8 Å². The molecule has 0 aromatic carbocycles. The highest BCUT2D eigenvalue weighted by atomic mass is 32.2. The molecule has 0 aromatic rings. The molecule has 0 aromatic heterocycles. The Morgan fingerprint density at radius 3 is 2.73 bits per heavy atom. The lowest BCUT2D eigenvalue weighted by molar-refractivity contribution is -0.139. The molecule has 0 rings (SSSR count). The second kappa shape index (κ2) is 5.37. The zero-order valence-electron chi connectivity index (χ0n) is 6.29. The van der Waals surface area contributed by atoms with Crippen LogP contribution in [0.25, 0.3) is 0 Å². The Labute approximate surface area is 69.1 Å². The van der Waals surface area contributed by atoms with Crippen molar-refractivity contribution in [3.05, 3.63) is 0 Å². The maximum atomic E-state index is 12.3. The Morgan fingerprint density at radius 1 is 1.82 bits per heavy atom. The minimum absolute atomic E-state index is 0.113. The largest absolute Gasteiger partial charge is 0.478 e. The first-order chi connectivity index (χ1) is 5.07. The lowest BCUT2D eigenvalue weighted by atomic mass is 10.3. The van der Waals surface area contributed by atoms with Gasteiger partial charge < -0.3 is 10.8 Å². The van der Waals surface area contributed by atoms with Crippen molar-refractivity contribution >= 4 is 17.7 Å². The smallest absolute Gasteiger partial charge is 0.348 e. The number of aliphatic carboxylic acids is 1. The summed E-state index contributed by atoms with van der Waals surface area (Å²) in [5, 5.41) is 8.13. The topological polar surface area (TPSA) is 63.3 Å². The van der Waals surface area contributed by atoms with Gasteiger partial charge in [0.2, 0.25) is 5.50 Å². The summed E-state index contributed by atoms with van der Waals surface area (Å²) in [5.74, 6) is -1.08. The summed E-state index contributed by atoms with van der Waals surface area (Å²) in [5.41, 5.74) is 3.60. The maximum absolute atomic E-state index is 12.3. The average Bonchev–Trinajstić information content (AvgIpc) is 1.99. The molecule has 2 unspecified atom stereocenters. The van der Waals surface area contributed by atoms with Gasteiger partial charge >= 0.3 is 5.97 Å². The van der Waals surface area contributed by atoms with E-state index in [1.807, 2.05) is 6.92 Å². The first-order valence-electron chi connectivity index (χ1n) is 3.32. The zero-order valence-corrected chi connectivity index (χ0v) is 7.10. The number of rotatable bonds is 5. The molecule has 0 fully saturated rings. The van der Waals surface area contributed by atoms with Crippen molar-refractivity contribution in [3.63, 3.8) is 0 Å². The third-order valence-corrected chi connectivity index (χ3v) is 2.29. The summed E-state index contributed by atoms with van der Waals surface area (Å²) in [6.45, 7) is 1.87. The van der Waals surface area contributed by atoms with Gasteiger partial charge in [0.1, 0.15) is 0 Å². The van der Waals surface area contributed by atoms with Crippen LogP contribution in [0.2, 0.25) is 0 Å². The second-order valence-corrected chi connectivity index (χ2v) is 3.24. The number of nitrogens with two attached hydrogens (primary N) is 1. The van der Waals surface area contributed by atoms with E-state index in [-0.39, 0.29) is 6.04 Å². The van der Waals surface area contributed by atoms with Gasteiger partial charge in [-0.05, 0) is 6.42 Å². The average molecular weight is 181 g/mol. The molecule has 0 spiro atoms. The van der Waals surface area contributed by atoms with Crippen molar-refractivity contribution in [2.45, 2.75) is 24.9 Å². The van der Waals surface area contributed by atoms with Crippen LogP contribution in [0.1, 0.15) is 13.3 Å². The molecule has 0 bridgehead atoms. The van der Waals surface area contributed by atoms with Gasteiger partial charge in [-0.1, -0.05) is 6.92 Å². The molecule has 0 aliphatic carbocycles. The SMILES string of the molecule is CCC(N)CSC(F)C(=O)O. The van der Waals surface area contributed by atoms with Crippen LogP contribution in [0.5, 0.6) is 0 Å². The van der Waals surface area contributed by atoms with Gasteiger partial charge in [-0.3, -0.25) is 0 Å². The number of carboxylic acids is 1. The number of hydrogen-bond donors (Lipinski definition) is 2. The van der Waals surface area contributed by atoms with E-state index in [4.69, 9.17) is 10.8 Å². The van der Waals surface area contributed by atoms with Crippen LogP contribution >= 0.6 is 11.8 Å². The molecular formula is C6H12FNO2S. The van der Waals surface area contributed by atoms with Crippen molar-refractivity contribution in [1.29, 1.82) is 0 Å². The van der Waals surface area contributed by atoms with E-state index in [0.717, 1.165) is 18.2 Å². The Morgan fingerprint density at radius 2 is 2.36 bits per heavy atom. The maximum Gasteiger partial charge on any atom is 0.348 e. The number of carboxylic acid groups (broad SMARTS) is 1. The van der Waals surface area contributed by atoms with Crippen LogP contribution < -0.4 is 5.73 Å². The lowest BCUT2D eigenvalue weighted by Crippen LogP contribution is -2.23. The van der Waals surface area contributed by atoms with Gasteiger partial charge in [0, 0.05) is 11.8 Å². The Balaban J connectivity index is 3.45. The second-order valence-electron chi connectivity index (χ2n) is 2.16. The third kappa shape index (κ3) is 5.03. The number of hydrogen-bond acceptors (Lipinski definition) is 3. The number of alkyl halides is 1. The molecule has 0 aliphatic rings. The van der Waals surface area contributed by atoms with E-state index < -0.39 is 11.5 Å². The van der Waals surface area contributed by atoms with Crippen LogP contribution in [-0.4, -0.2) is 28.4 Å². The molecule has 5 heteroatoms. The third-order valence-electron chi connectivity index (χ3n) is 1.18. The molecule has 0 heterocycles. The van der Waals surface area contributed by atoms with Crippen molar-refractivity contribution < 1.29 is 14.3 Å². The van der Waals surface area contributed by atoms with Crippen molar-refractivity contribution in [2.24, 2.45) is 5.73 Å². The zero-order chi connectivity index (χ0) is 8.85. The minimum atomic E-state index is -1.84. The fourth-order valence-corrected chi connectivity index (χ4v) is 1.19. The van der Waals surface area contributed by atoms with Crippen LogP contribution in [0.4, 0.5) is 4.39 Å². The first kappa shape index (κ1) is 10.7. The monoisotopic (exact) mass is 181 g/mol. The van der Waals surface area contributed by atoms with E-state index in [9.17, 15) is 9.18 Å². The molecule has 0 radical (unpaired) electrons. The highest BCUT2D eigenvalue weighted by Gasteiger charge is 2.16. The van der Waals surface area contributed by atoms with E-state index in [0.29, 0.717) is 5.75 Å². The van der Waals surface area contributed by atoms with E-state index in [1.54, 1.807) is 0 Å². The molecule has 11 heavy (non-hydrogen) atoms. The number of thioether (sulfide) groups is 1. The molecular weight excluding hydrogens is 169 g/mol. The first-order valence-corrected chi connectivity index (χ1v) is 4.36. The van der Waals surface area contributed by atoms with Gasteiger partial charge in [-0.25, -0.2) is 9.18 Å². The van der Waals surface area contributed by atoms with E-state index in [1.165, 1.54) is 0 Å². The highest BCUT2D eigenvalue weighted by Crippen LogP contribution is 2.13. The molecule has 0 amide bonds. The van der Waals surface area contributed by atoms with E-state index in [2.05, 4.69) is 0 Å². The number of halogens is 1. The molecule has 0 aliphatic heterocycles. The van der Waals surface area contributed by atoms with Gasteiger partial charge in [0.05, 0.1) is 0 Å². The standard InChI is InChI=1S/C6H12FNO2S/c1-2-4(8)3-11-5(7)6(9)10/h4-5H,2-3,8H2,1H3,(H,9,10). The minimum Gasteiger partial charge on any atom is -0.478 e. The predicted molar refractivity (Wildman–Crippen MR) is 43.3 cm³/mol. The number of carbonyl (C=O) groups is 1. The Kier molecular flexibility index (Phi) is 5.23. The van der Waals surface area contributed by atoms with Crippen molar-refractivity contribution in [2.75, 3.05) is 5.75 Å². The van der Waals surface area contributed by atoms with Crippen molar-refractivity contribution in [3.8, 4) is 0 Å². The summed E-state index contributed by atoms with van der Waals surface area (Å²) in [6, 6.07) is -0.113. The molecule has 66 valence electrons. The molecule has 0 saturated heterocycles. The Bertz CT molecular complexity index is 134. The summed E-state index contributed by atoms with van der Waals surface area (Å²) in [7, 11) is 0. The normalized spacial score (nSPS) is 15.9. The van der Waals surface area contributed by atoms with E-state index >= 15 is 0 Å². The van der Waals surface area contributed by atoms with Crippen LogP contribution in [0.15, 0.2) is 0 Å². The fraction of sp³-hybridized carbons (Fsp3) is 0.833. The lowest BCUT2D eigenvalue weighted by Gasteiger charge is -2.07. The van der Waals surface area contributed by atoms with Gasteiger partial charge in [0.15, 0.2) is 0 Å². The highest BCUT2D eigenvalue weighted by molar-refractivity contribution is 8.00. The molecule has 2 atom stereocenters. The molecule has 3 nitrogen and oxygen atoms in total.